The van der Waals surface area contributed by atoms with Crippen molar-refractivity contribution in [3.05, 3.63) is 116 Å². The molecule has 0 bridgehead atoms. The number of hydrogen-bond acceptors (Lipinski definition) is 18. The number of aromatic hydroxyl groups is 2. The number of benzene rings is 4. The number of phenols is 2. The van der Waals surface area contributed by atoms with Crippen molar-refractivity contribution in [1.82, 2.24) is 0 Å². The Morgan fingerprint density at radius 3 is 1.43 bits per heavy atom. The molecule has 61 heavy (non-hydrogen) atoms. The van der Waals surface area contributed by atoms with E-state index in [9.17, 15) is 75.7 Å². The lowest BCUT2D eigenvalue weighted by atomic mass is 9.63. The van der Waals surface area contributed by atoms with Crippen molar-refractivity contribution in [2.45, 2.75) is 79.9 Å². The molecule has 4 aliphatic rings. The van der Waals surface area contributed by atoms with Crippen LogP contribution in [0.1, 0.15) is 81.9 Å². The zero-order chi connectivity index (χ0) is 43.8. The van der Waals surface area contributed by atoms with E-state index < -0.39 is 133 Å². The van der Waals surface area contributed by atoms with Crippen molar-refractivity contribution in [2.75, 3.05) is 13.2 Å². The van der Waals surface area contributed by atoms with Gasteiger partial charge in [0.25, 0.3) is 0 Å². The van der Waals surface area contributed by atoms with Crippen LogP contribution in [0.15, 0.2) is 60.7 Å². The molecule has 12 N–H and O–H groups in total. The molecular weight excluding hydrogens is 808 g/mol. The van der Waals surface area contributed by atoms with Crippen LogP contribution in [0, 0.1) is 0 Å². The number of rotatable bonds is 9. The topological polar surface area (TPSA) is 331 Å². The van der Waals surface area contributed by atoms with Crippen LogP contribution in [0.2, 0.25) is 0 Å². The molecule has 4 aromatic rings. The number of aliphatic hydroxyl groups excluding tert-OH is 9. The van der Waals surface area contributed by atoms with Gasteiger partial charge in [-0.25, -0.2) is 4.79 Å². The van der Waals surface area contributed by atoms with Gasteiger partial charge in [-0.05, 0) is 58.1 Å². The molecule has 322 valence electrons. The van der Waals surface area contributed by atoms with E-state index in [0.29, 0.717) is 0 Å². The molecule has 2 saturated heterocycles. The highest BCUT2D eigenvalue weighted by atomic mass is 16.7. The minimum atomic E-state index is -1.91. The second-order valence-corrected chi connectivity index (χ2v) is 15.2. The summed E-state index contributed by atoms with van der Waals surface area (Å²) in [6.07, 6.45) is -17.4. The highest BCUT2D eigenvalue weighted by Gasteiger charge is 2.50. The summed E-state index contributed by atoms with van der Waals surface area (Å²) in [7, 11) is 0. The van der Waals surface area contributed by atoms with Crippen LogP contribution in [-0.4, -0.2) is 153 Å². The number of ketones is 2. The van der Waals surface area contributed by atoms with Crippen LogP contribution in [0.5, 0.6) is 23.0 Å². The predicted octanol–water partition coefficient (Wildman–Crippen LogP) is -1.30. The van der Waals surface area contributed by atoms with Crippen molar-refractivity contribution in [2.24, 2.45) is 0 Å². The summed E-state index contributed by atoms with van der Waals surface area (Å²) in [5.41, 5.74) is -1.30. The molecule has 0 unspecified atom stereocenters. The molecule has 0 saturated carbocycles. The Morgan fingerprint density at radius 2 is 1.00 bits per heavy atom. The van der Waals surface area contributed by atoms with Gasteiger partial charge in [0.2, 0.25) is 24.1 Å². The van der Waals surface area contributed by atoms with E-state index in [1.165, 1.54) is 42.5 Å². The third-order valence-electron chi connectivity index (χ3n) is 11.7. The van der Waals surface area contributed by atoms with E-state index in [4.69, 9.17) is 18.9 Å². The number of fused-ring (bicyclic) bond motifs is 4. The molecule has 2 heterocycles. The molecule has 19 heteroatoms. The lowest BCUT2D eigenvalue weighted by molar-refractivity contribution is -0.277. The molecule has 4 aromatic carbocycles. The van der Waals surface area contributed by atoms with Crippen molar-refractivity contribution < 1.29 is 94.6 Å². The first-order valence-corrected chi connectivity index (χ1v) is 19.0. The minimum Gasteiger partial charge on any atom is -0.507 e. The van der Waals surface area contributed by atoms with Gasteiger partial charge in [-0.3, -0.25) is 9.59 Å². The van der Waals surface area contributed by atoms with Gasteiger partial charge in [0.15, 0.2) is 0 Å². The summed E-state index contributed by atoms with van der Waals surface area (Å²) in [5, 5.41) is 126. The number of aliphatic hydroxyl groups is 9. The van der Waals surface area contributed by atoms with Gasteiger partial charge in [-0.2, -0.15) is 0 Å². The number of hydrogen-bond donors (Lipinski definition) is 12. The number of aromatic carboxylic acids is 1. The zero-order valence-electron chi connectivity index (χ0n) is 31.5. The summed E-state index contributed by atoms with van der Waals surface area (Å²) in [6.45, 7) is -2.21. The summed E-state index contributed by atoms with van der Waals surface area (Å²) in [6, 6.07) is 13.1. The molecular formula is C42H40O19. The maximum absolute atomic E-state index is 14.7. The Morgan fingerprint density at radius 1 is 0.557 bits per heavy atom. The van der Waals surface area contributed by atoms with Crippen molar-refractivity contribution in [3.63, 3.8) is 0 Å². The van der Waals surface area contributed by atoms with Crippen molar-refractivity contribution >= 4 is 17.5 Å². The molecule has 8 rings (SSSR count). The van der Waals surface area contributed by atoms with Crippen LogP contribution in [0.4, 0.5) is 0 Å². The molecule has 12 atom stereocenters. The lowest BCUT2D eigenvalue weighted by Gasteiger charge is -2.41. The molecule has 0 aromatic heterocycles. The van der Waals surface area contributed by atoms with E-state index in [1.54, 1.807) is 0 Å². The van der Waals surface area contributed by atoms with E-state index in [0.717, 1.165) is 18.2 Å². The Hall–Kier alpha value is -5.55. The number of carboxylic acid groups (broad SMARTS) is 1. The van der Waals surface area contributed by atoms with Gasteiger partial charge in [-0.15, -0.1) is 0 Å². The first kappa shape index (κ1) is 42.2. The smallest absolute Gasteiger partial charge is 0.335 e. The van der Waals surface area contributed by atoms with Crippen LogP contribution in [-0.2, 0) is 16.1 Å². The first-order valence-electron chi connectivity index (χ1n) is 19.0. The van der Waals surface area contributed by atoms with Gasteiger partial charge in [-0.1, -0.05) is 30.3 Å². The number of phenolic OH excluding ortho intramolecular Hbond substituents is 2. The highest BCUT2D eigenvalue weighted by molar-refractivity contribution is 6.18. The molecule has 0 amide bonds. The number of carbonyl (C=O) groups is 3. The molecule has 2 fully saturated rings. The lowest BCUT2D eigenvalue weighted by Crippen LogP contribution is -2.60. The zero-order valence-corrected chi connectivity index (χ0v) is 31.5. The van der Waals surface area contributed by atoms with Crippen molar-refractivity contribution in [1.29, 1.82) is 0 Å². The van der Waals surface area contributed by atoms with E-state index >= 15 is 0 Å². The molecule has 19 nitrogen and oxygen atoms in total. The van der Waals surface area contributed by atoms with E-state index in [1.807, 2.05) is 0 Å². The molecule has 0 spiro atoms. The Bertz CT molecular complexity index is 2410. The van der Waals surface area contributed by atoms with E-state index in [-0.39, 0.29) is 56.0 Å². The third kappa shape index (κ3) is 6.80. The minimum absolute atomic E-state index is 0.0646. The Balaban J connectivity index is 1.37. The standard InChI is InChI=1S/C42H40O19/c43-11-14-7-18-26(16-3-1-5-22(30(16)34(50)28(18)20(46)8-14)58-41-38(54)36(52)32(48)24(12-44)60-41)27-17-4-2-6-23(59-42-39(55)37(53)33(49)25(13-45)61-42)31(17)35(51)29-19(27)9-15(40(56)57)10-21(29)47/h1-10,24-27,32-33,36-39,41-49,52-55H,11-13H2,(H,56,57)/t24-,25-,26-,27-,32-,33-,36+,37+,38-,39-,41-,42-/m1/s1. The van der Waals surface area contributed by atoms with E-state index in [2.05, 4.69) is 0 Å². The predicted molar refractivity (Wildman–Crippen MR) is 201 cm³/mol. The monoisotopic (exact) mass is 848 g/mol. The normalized spacial score (nSPS) is 30.4. The van der Waals surface area contributed by atoms with Crippen LogP contribution in [0.3, 0.4) is 0 Å². The third-order valence-corrected chi connectivity index (χ3v) is 11.7. The maximum atomic E-state index is 14.7. The number of ether oxygens (including phenoxy) is 4. The fourth-order valence-corrected chi connectivity index (χ4v) is 8.74. The first-order chi connectivity index (χ1) is 29.1. The van der Waals surface area contributed by atoms with Crippen LogP contribution < -0.4 is 9.47 Å². The molecule has 0 radical (unpaired) electrons. The van der Waals surface area contributed by atoms with Gasteiger partial charge < -0.3 is 80.2 Å². The average Bonchev–Trinajstić information content (AvgIpc) is 3.24. The summed E-state index contributed by atoms with van der Waals surface area (Å²) < 4.78 is 23.1. The van der Waals surface area contributed by atoms with Gasteiger partial charge in [0.1, 0.15) is 71.8 Å². The van der Waals surface area contributed by atoms with Crippen LogP contribution >= 0.6 is 0 Å². The summed E-state index contributed by atoms with van der Waals surface area (Å²) in [4.78, 5) is 41.8. The fraction of sp³-hybridized carbons (Fsp3) is 0.357. The average molecular weight is 849 g/mol. The second kappa shape index (κ2) is 16.0. The number of carboxylic acids is 1. The van der Waals surface area contributed by atoms with Crippen LogP contribution in [0.25, 0.3) is 0 Å². The molecule has 2 aliphatic carbocycles. The Kier molecular flexibility index (Phi) is 11.1. The maximum Gasteiger partial charge on any atom is 0.335 e. The largest absolute Gasteiger partial charge is 0.507 e. The fourth-order valence-electron chi connectivity index (χ4n) is 8.74. The molecule has 2 aliphatic heterocycles. The highest BCUT2D eigenvalue weighted by Crippen LogP contribution is 2.56. The van der Waals surface area contributed by atoms with Crippen molar-refractivity contribution in [3.8, 4) is 23.0 Å². The summed E-state index contributed by atoms with van der Waals surface area (Å²) in [5.74, 6) is -7.67. The van der Waals surface area contributed by atoms with Gasteiger partial charge >= 0.3 is 5.97 Å². The second-order valence-electron chi connectivity index (χ2n) is 15.2. The summed E-state index contributed by atoms with van der Waals surface area (Å²) >= 11 is 0. The van der Waals surface area contributed by atoms with Gasteiger partial charge in [0.05, 0.1) is 47.6 Å². The SMILES string of the molecule is O=C(O)c1cc(O)c2c(c1)[C@H]([C@H]1c3cc(CO)cc(O)c3C(=O)c3c(O[C@@H]4O[C@H](CO)[C@@H](O)[C@H](O)[C@H]4O)cccc31)c1cccc(O[C@@H]3O[C@H](CO)[C@@H](O)[C@H](O)[C@H]3O)c1C2=O. The number of carbonyl (C=O) groups excluding carboxylic acids is 2. The quantitative estimate of drug-likeness (QED) is 0.0931. The van der Waals surface area contributed by atoms with Gasteiger partial charge in [0, 0.05) is 11.8 Å². The Labute approximate surface area is 344 Å².